The van der Waals surface area contributed by atoms with E-state index in [1.807, 2.05) is 31.2 Å². The number of piperidine rings is 1. The summed E-state index contributed by atoms with van der Waals surface area (Å²) < 4.78 is 59.6. The predicted molar refractivity (Wildman–Crippen MR) is 142 cm³/mol. The summed E-state index contributed by atoms with van der Waals surface area (Å²) in [5.41, 5.74) is 0.430. The molecule has 2 aliphatic heterocycles. The van der Waals surface area contributed by atoms with Gasteiger partial charge in [0, 0.05) is 36.3 Å². The monoisotopic (exact) mass is 577 g/mol. The molecule has 0 saturated carbocycles. The van der Waals surface area contributed by atoms with Crippen molar-refractivity contribution in [3.8, 4) is 23.3 Å². The van der Waals surface area contributed by atoms with Gasteiger partial charge in [-0.05, 0) is 73.2 Å². The highest BCUT2D eigenvalue weighted by Crippen LogP contribution is 2.32. The Labute approximate surface area is 233 Å². The van der Waals surface area contributed by atoms with Gasteiger partial charge in [0.1, 0.15) is 36.7 Å². The zero-order valence-electron chi connectivity index (χ0n) is 22.3. The molecular formula is C27H30F3N5O6. The maximum absolute atomic E-state index is 12.3. The molecule has 3 heterocycles. The van der Waals surface area contributed by atoms with Crippen LogP contribution in [0, 0.1) is 10.1 Å². The van der Waals surface area contributed by atoms with Gasteiger partial charge in [-0.15, -0.1) is 13.2 Å². The van der Waals surface area contributed by atoms with Crippen molar-refractivity contribution < 1.29 is 37.0 Å². The summed E-state index contributed by atoms with van der Waals surface area (Å²) >= 11 is 0. The summed E-state index contributed by atoms with van der Waals surface area (Å²) in [4.78, 5) is 16.5. The molecule has 1 aromatic heterocycles. The number of anilines is 1. The molecule has 11 nitrogen and oxygen atoms in total. The van der Waals surface area contributed by atoms with Crippen LogP contribution in [0.4, 0.5) is 24.7 Å². The topological polar surface area (TPSA) is 113 Å². The quantitative estimate of drug-likeness (QED) is 0.199. The van der Waals surface area contributed by atoms with E-state index < -0.39 is 16.9 Å². The normalized spacial score (nSPS) is 19.0. The van der Waals surface area contributed by atoms with E-state index in [1.165, 1.54) is 30.5 Å². The molecule has 2 aliphatic rings. The fourth-order valence-electron chi connectivity index (χ4n) is 4.86. The maximum Gasteiger partial charge on any atom is 0.573 e. The highest BCUT2D eigenvalue weighted by Gasteiger charge is 2.41. The second-order valence-corrected chi connectivity index (χ2v) is 10.2. The number of benzene rings is 2. The molecule has 0 bridgehead atoms. The van der Waals surface area contributed by atoms with E-state index in [4.69, 9.17) is 14.2 Å². The van der Waals surface area contributed by atoms with E-state index in [9.17, 15) is 23.3 Å². The molecule has 0 spiro atoms. The molecule has 3 aromatic rings. The van der Waals surface area contributed by atoms with Crippen molar-refractivity contribution in [2.24, 2.45) is 0 Å². The highest BCUT2D eigenvalue weighted by atomic mass is 19.4. The zero-order chi connectivity index (χ0) is 29.0. The third-order valence-electron chi connectivity index (χ3n) is 6.86. The van der Waals surface area contributed by atoms with Gasteiger partial charge in [0.25, 0.3) is 0 Å². The van der Waals surface area contributed by atoms with Crippen LogP contribution in [-0.4, -0.2) is 65.3 Å². The molecule has 0 radical (unpaired) electrons. The third kappa shape index (κ3) is 7.51. The minimum atomic E-state index is -4.71. The van der Waals surface area contributed by atoms with Crippen LogP contribution < -0.4 is 29.2 Å². The van der Waals surface area contributed by atoms with Crippen molar-refractivity contribution in [1.82, 2.24) is 14.9 Å². The molecule has 0 aliphatic carbocycles. The Morgan fingerprint density at radius 1 is 1.07 bits per heavy atom. The Hall–Kier alpha value is -4.20. The number of nitro groups is 1. The molecule has 1 fully saturated rings. The Morgan fingerprint density at radius 2 is 1.71 bits per heavy atom. The van der Waals surface area contributed by atoms with Gasteiger partial charge in [0.15, 0.2) is 5.60 Å². The number of alkyl halides is 3. The Kier molecular flexibility index (Phi) is 8.10. The second-order valence-electron chi connectivity index (χ2n) is 10.2. The van der Waals surface area contributed by atoms with E-state index in [0.717, 1.165) is 31.6 Å². The lowest BCUT2D eigenvalue weighted by atomic mass is 10.0. The van der Waals surface area contributed by atoms with Gasteiger partial charge >= 0.3 is 18.2 Å². The van der Waals surface area contributed by atoms with Gasteiger partial charge in [-0.25, -0.2) is 0 Å². The maximum atomic E-state index is 12.3. The predicted octanol–water partition coefficient (Wildman–Crippen LogP) is 4.56. The number of nitrogens with one attached hydrogen (secondary N) is 1. The molecule has 1 unspecified atom stereocenters. The minimum absolute atomic E-state index is 0.219. The molecule has 5 rings (SSSR count). The van der Waals surface area contributed by atoms with Crippen LogP contribution >= 0.6 is 0 Å². The van der Waals surface area contributed by atoms with Crippen LogP contribution in [0.25, 0.3) is 0 Å². The van der Waals surface area contributed by atoms with E-state index in [0.29, 0.717) is 37.2 Å². The fraction of sp³-hybridized carbons (Fsp3) is 0.444. The van der Waals surface area contributed by atoms with Gasteiger partial charge in [0.05, 0.1) is 6.54 Å². The smallest absolute Gasteiger partial charge is 0.492 e. The first-order valence-electron chi connectivity index (χ1n) is 13.2. The minimum Gasteiger partial charge on any atom is -0.492 e. The van der Waals surface area contributed by atoms with Crippen molar-refractivity contribution in [3.63, 3.8) is 0 Å². The number of ether oxygens (including phenoxy) is 4. The lowest BCUT2D eigenvalue weighted by Gasteiger charge is -2.34. The van der Waals surface area contributed by atoms with Crippen molar-refractivity contribution >= 4 is 11.5 Å². The highest BCUT2D eigenvalue weighted by molar-refractivity contribution is 5.49. The first-order valence-corrected chi connectivity index (χ1v) is 13.2. The number of rotatable bonds is 11. The molecule has 14 heteroatoms. The Bertz CT molecular complexity index is 1300. The van der Waals surface area contributed by atoms with Gasteiger partial charge < -0.3 is 39.3 Å². The molecule has 1 atom stereocenters. The molecule has 2 aromatic carbocycles. The molecule has 41 heavy (non-hydrogen) atoms. The first kappa shape index (κ1) is 28.3. The number of halogens is 3. The van der Waals surface area contributed by atoms with Crippen LogP contribution in [0.3, 0.4) is 0 Å². The van der Waals surface area contributed by atoms with Gasteiger partial charge in [-0.3, -0.25) is 4.57 Å². The number of aromatic nitrogens is 2. The van der Waals surface area contributed by atoms with Crippen LogP contribution in [0.1, 0.15) is 19.8 Å². The summed E-state index contributed by atoms with van der Waals surface area (Å²) in [6, 6.07) is 13.8. The molecular weight excluding hydrogens is 547 g/mol. The van der Waals surface area contributed by atoms with E-state index in [2.05, 4.69) is 19.9 Å². The fourth-order valence-corrected chi connectivity index (χ4v) is 4.86. The molecule has 1 saturated heterocycles. The Balaban J connectivity index is 0.991. The van der Waals surface area contributed by atoms with Crippen LogP contribution in [-0.2, 0) is 6.54 Å². The third-order valence-corrected chi connectivity index (χ3v) is 6.86. The number of nitrogens with zero attached hydrogens (tertiary/aromatic N) is 4. The van der Waals surface area contributed by atoms with Crippen molar-refractivity contribution in [1.29, 1.82) is 0 Å². The van der Waals surface area contributed by atoms with Gasteiger partial charge in [-0.2, -0.15) is 0 Å². The first-order chi connectivity index (χ1) is 19.6. The van der Waals surface area contributed by atoms with Crippen LogP contribution in [0.2, 0.25) is 0 Å². The van der Waals surface area contributed by atoms with E-state index >= 15 is 0 Å². The second kappa shape index (κ2) is 11.7. The van der Waals surface area contributed by atoms with Gasteiger partial charge in [-0.1, -0.05) is 0 Å². The number of fused-ring (bicyclic) bond motifs is 1. The van der Waals surface area contributed by atoms with E-state index in [1.54, 1.807) is 4.57 Å². The average Bonchev–Trinajstić information content (AvgIpc) is 3.46. The Morgan fingerprint density at radius 3 is 2.34 bits per heavy atom. The van der Waals surface area contributed by atoms with Gasteiger partial charge in [0.2, 0.25) is 0 Å². The lowest BCUT2D eigenvalue weighted by Crippen LogP contribution is -2.43. The zero-order valence-corrected chi connectivity index (χ0v) is 22.3. The van der Waals surface area contributed by atoms with Crippen LogP contribution in [0.15, 0.2) is 54.7 Å². The molecule has 220 valence electrons. The van der Waals surface area contributed by atoms with Crippen molar-refractivity contribution in [2.45, 2.75) is 44.3 Å². The summed E-state index contributed by atoms with van der Waals surface area (Å²) in [7, 11) is 0. The summed E-state index contributed by atoms with van der Waals surface area (Å²) in [5.74, 6) is 0.661. The number of hydrogen-bond donors (Lipinski definition) is 1. The standard InChI is InChI=1S/C27H30F3N5O6/c1-26(17-34-16-24(35(36)37)32-25(34)41-26)18-39-22-4-2-20(3-5-22)33-13-10-19(11-14-33)31-12-15-38-21-6-8-23(9-7-21)40-27(28,29)30/h2-9,16,19,31H,10-15,17-18H2,1H3. The average molecular weight is 578 g/mol. The lowest BCUT2D eigenvalue weighted by molar-refractivity contribution is -0.389. The molecule has 0 amide bonds. The number of hydrogen-bond acceptors (Lipinski definition) is 9. The molecule has 1 N–H and O–H groups in total. The summed E-state index contributed by atoms with van der Waals surface area (Å²) in [5, 5.41) is 14.4. The van der Waals surface area contributed by atoms with Crippen LogP contribution in [0.5, 0.6) is 23.3 Å². The van der Waals surface area contributed by atoms with Crippen molar-refractivity contribution in [3.05, 3.63) is 64.8 Å². The van der Waals surface area contributed by atoms with E-state index in [-0.39, 0.29) is 24.2 Å². The van der Waals surface area contributed by atoms with Crippen molar-refractivity contribution in [2.75, 3.05) is 37.7 Å². The SMILES string of the molecule is CC1(COc2ccc(N3CCC(NCCOc4ccc(OC(F)(F)F)cc4)CC3)cc2)Cn2cc([N+](=O)[O-])nc2O1. The summed E-state index contributed by atoms with van der Waals surface area (Å²) in [6.45, 7) is 5.35. The summed E-state index contributed by atoms with van der Waals surface area (Å²) in [6.07, 6.45) is -1.42. The number of imidazole rings is 1. The largest absolute Gasteiger partial charge is 0.573 e.